The van der Waals surface area contributed by atoms with Gasteiger partial charge in [-0.25, -0.2) is 4.68 Å². The van der Waals surface area contributed by atoms with Crippen LogP contribution in [0.2, 0.25) is 0 Å². The van der Waals surface area contributed by atoms with E-state index < -0.39 is 0 Å². The summed E-state index contributed by atoms with van der Waals surface area (Å²) in [5.74, 6) is 1.06. The molecule has 0 radical (unpaired) electrons. The number of aliphatic hydroxyl groups is 1. The van der Waals surface area contributed by atoms with Gasteiger partial charge in [0.2, 0.25) is 5.91 Å². The molecule has 1 aliphatic heterocycles. The van der Waals surface area contributed by atoms with Gasteiger partial charge in [0.05, 0.1) is 37.3 Å². The molecule has 1 aliphatic carbocycles. The molecule has 3 atom stereocenters. The number of carbonyl (C=O) groups is 1. The van der Waals surface area contributed by atoms with Crippen LogP contribution in [0.1, 0.15) is 45.2 Å². The summed E-state index contributed by atoms with van der Waals surface area (Å²) >= 11 is 0. The van der Waals surface area contributed by atoms with Crippen molar-refractivity contribution < 1.29 is 14.6 Å². The zero-order valence-electron chi connectivity index (χ0n) is 17.5. The van der Waals surface area contributed by atoms with Crippen LogP contribution in [-0.2, 0) is 22.7 Å². The summed E-state index contributed by atoms with van der Waals surface area (Å²) in [5, 5.41) is 17.8. The molecule has 0 spiro atoms. The predicted molar refractivity (Wildman–Crippen MR) is 105 cm³/mol. The van der Waals surface area contributed by atoms with Crippen LogP contribution >= 0.6 is 0 Å². The molecule has 0 unspecified atom stereocenters. The smallest absolute Gasteiger partial charge is 0.222 e. The maximum absolute atomic E-state index is 12.8. The standard InChI is InChI=1S/C20H35N5O3/c1-15-10-24(16(2)13-26)20(27)5-4-8-25-18(9-21-22-25)14-28-19(15)12-23(3)11-17-6-7-17/h9,15-17,19,26H,4-8,10-14H2,1-3H3/t15-,16+,19+/m0/s1. The fraction of sp³-hybridized carbons (Fsp3) is 0.850. The monoisotopic (exact) mass is 393 g/mol. The number of aromatic nitrogens is 3. The summed E-state index contributed by atoms with van der Waals surface area (Å²) in [6.45, 7) is 7.66. The fourth-order valence-electron chi connectivity index (χ4n) is 3.87. The molecule has 1 aromatic rings. The minimum Gasteiger partial charge on any atom is -0.394 e. The van der Waals surface area contributed by atoms with Crippen LogP contribution in [0.3, 0.4) is 0 Å². The molecule has 1 saturated carbocycles. The normalized spacial score (nSPS) is 25.9. The topological polar surface area (TPSA) is 83.7 Å². The highest BCUT2D eigenvalue weighted by atomic mass is 16.5. The van der Waals surface area contributed by atoms with E-state index in [0.717, 1.165) is 24.7 Å². The van der Waals surface area contributed by atoms with Crippen LogP contribution in [0.4, 0.5) is 0 Å². The second kappa shape index (κ2) is 9.80. The Bertz CT molecular complexity index is 633. The zero-order chi connectivity index (χ0) is 20.1. The summed E-state index contributed by atoms with van der Waals surface area (Å²) in [6, 6.07) is -0.190. The first-order valence-electron chi connectivity index (χ1n) is 10.6. The van der Waals surface area contributed by atoms with Crippen molar-refractivity contribution in [2.45, 2.75) is 64.8 Å². The van der Waals surface area contributed by atoms with Crippen LogP contribution in [0.15, 0.2) is 6.20 Å². The van der Waals surface area contributed by atoms with Gasteiger partial charge in [-0.3, -0.25) is 4.79 Å². The molecule has 2 heterocycles. The first kappa shape index (κ1) is 21.2. The summed E-state index contributed by atoms with van der Waals surface area (Å²) in [5.41, 5.74) is 0.954. The Hall–Kier alpha value is -1.51. The number of hydrogen-bond donors (Lipinski definition) is 1. The molecule has 2 aliphatic rings. The van der Waals surface area contributed by atoms with E-state index in [0.29, 0.717) is 32.5 Å². The minimum atomic E-state index is -0.190. The number of nitrogens with zero attached hydrogens (tertiary/aromatic N) is 5. The molecule has 8 nitrogen and oxygen atoms in total. The van der Waals surface area contributed by atoms with Crippen molar-refractivity contribution in [2.24, 2.45) is 11.8 Å². The second-order valence-corrected chi connectivity index (χ2v) is 8.62. The Morgan fingerprint density at radius 2 is 2.18 bits per heavy atom. The van der Waals surface area contributed by atoms with Crippen molar-refractivity contribution in [3.63, 3.8) is 0 Å². The molecule has 1 amide bonds. The molecule has 1 N–H and O–H groups in total. The third-order valence-corrected chi connectivity index (χ3v) is 5.90. The quantitative estimate of drug-likeness (QED) is 0.780. The number of aliphatic hydroxyl groups excluding tert-OH is 1. The summed E-state index contributed by atoms with van der Waals surface area (Å²) in [4.78, 5) is 17.0. The third kappa shape index (κ3) is 5.75. The van der Waals surface area contributed by atoms with E-state index >= 15 is 0 Å². The number of fused-ring (bicyclic) bond motifs is 1. The van der Waals surface area contributed by atoms with E-state index in [2.05, 4.69) is 29.2 Å². The molecule has 0 aromatic carbocycles. The summed E-state index contributed by atoms with van der Waals surface area (Å²) in [7, 11) is 2.15. The molecule has 0 bridgehead atoms. The van der Waals surface area contributed by atoms with Gasteiger partial charge in [0, 0.05) is 38.5 Å². The molecule has 28 heavy (non-hydrogen) atoms. The highest BCUT2D eigenvalue weighted by Gasteiger charge is 2.29. The Balaban J connectivity index is 1.75. The number of ether oxygens (including phenoxy) is 1. The molecule has 1 fully saturated rings. The predicted octanol–water partition coefficient (Wildman–Crippen LogP) is 1.14. The Kier molecular flexibility index (Phi) is 7.42. The largest absolute Gasteiger partial charge is 0.394 e. The molecule has 158 valence electrons. The molecular weight excluding hydrogens is 358 g/mol. The van der Waals surface area contributed by atoms with Crippen molar-refractivity contribution in [3.8, 4) is 0 Å². The number of hydrogen-bond acceptors (Lipinski definition) is 6. The van der Waals surface area contributed by atoms with E-state index in [4.69, 9.17) is 4.74 Å². The molecule has 0 saturated heterocycles. The van der Waals surface area contributed by atoms with Crippen LogP contribution in [0.5, 0.6) is 0 Å². The number of likely N-dealkylation sites (N-methyl/N-ethyl adjacent to an activating group) is 1. The van der Waals surface area contributed by atoms with E-state index in [1.807, 2.05) is 16.5 Å². The van der Waals surface area contributed by atoms with Crippen LogP contribution < -0.4 is 0 Å². The molecule has 3 rings (SSSR count). The van der Waals surface area contributed by atoms with Crippen LogP contribution in [-0.4, -0.2) is 81.2 Å². The Morgan fingerprint density at radius 1 is 1.39 bits per heavy atom. The van der Waals surface area contributed by atoms with Gasteiger partial charge in [-0.15, -0.1) is 5.10 Å². The minimum absolute atomic E-state index is 0.00674. The molecule has 1 aromatic heterocycles. The highest BCUT2D eigenvalue weighted by molar-refractivity contribution is 5.76. The fourth-order valence-corrected chi connectivity index (χ4v) is 3.87. The number of aryl methyl sites for hydroxylation is 1. The summed E-state index contributed by atoms with van der Waals surface area (Å²) in [6.07, 6.45) is 5.55. The maximum Gasteiger partial charge on any atom is 0.222 e. The maximum atomic E-state index is 12.8. The SMILES string of the molecule is C[C@H](CO)N1C[C@H](C)[C@@H](CN(C)CC2CC2)OCc2cnnn2CCCC1=O. The van der Waals surface area contributed by atoms with Gasteiger partial charge in [-0.05, 0) is 39.2 Å². The molecular formula is C20H35N5O3. The van der Waals surface area contributed by atoms with Gasteiger partial charge < -0.3 is 19.6 Å². The van der Waals surface area contributed by atoms with Crippen molar-refractivity contribution in [2.75, 3.05) is 33.3 Å². The summed E-state index contributed by atoms with van der Waals surface area (Å²) < 4.78 is 8.18. The Labute approximate surface area is 167 Å². The Morgan fingerprint density at radius 3 is 2.89 bits per heavy atom. The van der Waals surface area contributed by atoms with Gasteiger partial charge in [-0.1, -0.05) is 12.1 Å². The average Bonchev–Trinajstić information content (AvgIpc) is 3.37. The second-order valence-electron chi connectivity index (χ2n) is 8.62. The zero-order valence-corrected chi connectivity index (χ0v) is 17.5. The number of rotatable bonds is 6. The lowest BCUT2D eigenvalue weighted by molar-refractivity contribution is -0.136. The van der Waals surface area contributed by atoms with Crippen LogP contribution in [0.25, 0.3) is 0 Å². The van der Waals surface area contributed by atoms with Crippen molar-refractivity contribution >= 4 is 5.91 Å². The van der Waals surface area contributed by atoms with Gasteiger partial charge in [0.25, 0.3) is 0 Å². The van der Waals surface area contributed by atoms with Crippen molar-refractivity contribution in [1.82, 2.24) is 24.8 Å². The number of amides is 1. The van der Waals surface area contributed by atoms with Crippen molar-refractivity contribution in [1.29, 1.82) is 0 Å². The molecule has 8 heteroatoms. The lowest BCUT2D eigenvalue weighted by Crippen LogP contribution is -2.47. The highest BCUT2D eigenvalue weighted by Crippen LogP contribution is 2.29. The van der Waals surface area contributed by atoms with E-state index in [1.54, 1.807) is 6.20 Å². The lowest BCUT2D eigenvalue weighted by atomic mass is 10.0. The van der Waals surface area contributed by atoms with E-state index in [9.17, 15) is 9.90 Å². The average molecular weight is 394 g/mol. The van der Waals surface area contributed by atoms with Gasteiger partial charge in [0.1, 0.15) is 0 Å². The first-order chi connectivity index (χ1) is 13.5. The lowest BCUT2D eigenvalue weighted by Gasteiger charge is -2.35. The van der Waals surface area contributed by atoms with Gasteiger partial charge in [0.15, 0.2) is 0 Å². The van der Waals surface area contributed by atoms with Gasteiger partial charge >= 0.3 is 0 Å². The first-order valence-corrected chi connectivity index (χ1v) is 10.6. The van der Waals surface area contributed by atoms with Crippen molar-refractivity contribution in [3.05, 3.63) is 11.9 Å². The van der Waals surface area contributed by atoms with Crippen LogP contribution in [0, 0.1) is 11.8 Å². The third-order valence-electron chi connectivity index (χ3n) is 5.90. The van der Waals surface area contributed by atoms with Gasteiger partial charge in [-0.2, -0.15) is 0 Å². The number of carbonyl (C=O) groups excluding carboxylic acids is 1. The van der Waals surface area contributed by atoms with E-state index in [-0.39, 0.29) is 30.6 Å². The van der Waals surface area contributed by atoms with E-state index in [1.165, 1.54) is 12.8 Å².